The minimum Gasteiger partial charge on any atom is -0.435 e. The summed E-state index contributed by atoms with van der Waals surface area (Å²) in [6.07, 6.45) is 0. The molecule has 164 valence electrons. The van der Waals surface area contributed by atoms with E-state index in [2.05, 4.69) is 24.4 Å². The topological polar surface area (TPSA) is 92.9 Å². The van der Waals surface area contributed by atoms with E-state index in [1.54, 1.807) is 30.3 Å². The fourth-order valence-corrected chi connectivity index (χ4v) is 4.47. The molecule has 5 rings (SSSR count). The number of halogens is 2. The molecule has 0 unspecified atom stereocenters. The van der Waals surface area contributed by atoms with E-state index in [9.17, 15) is 4.79 Å². The van der Waals surface area contributed by atoms with Gasteiger partial charge >= 0.3 is 0 Å². The van der Waals surface area contributed by atoms with E-state index in [0.29, 0.717) is 49.4 Å². The van der Waals surface area contributed by atoms with Crippen LogP contribution in [-0.4, -0.2) is 24.8 Å². The van der Waals surface area contributed by atoms with Crippen LogP contribution in [0.15, 0.2) is 52.9 Å². The summed E-state index contributed by atoms with van der Waals surface area (Å²) in [5, 5.41) is 6.77. The van der Waals surface area contributed by atoms with Gasteiger partial charge in [-0.05, 0) is 67.2 Å². The van der Waals surface area contributed by atoms with Crippen molar-refractivity contribution in [3.05, 3.63) is 69.7 Å². The molecule has 3 aromatic carbocycles. The predicted octanol–water partition coefficient (Wildman–Crippen LogP) is 6.24. The van der Waals surface area contributed by atoms with E-state index in [1.165, 1.54) is 0 Å². The van der Waals surface area contributed by atoms with E-state index in [4.69, 9.17) is 39.8 Å². The van der Waals surface area contributed by atoms with Crippen molar-refractivity contribution in [2.75, 3.05) is 5.32 Å². The summed E-state index contributed by atoms with van der Waals surface area (Å²) in [7, 11) is 0. The molecule has 33 heavy (non-hydrogen) atoms. The van der Waals surface area contributed by atoms with Crippen LogP contribution in [0.2, 0.25) is 10.0 Å². The van der Waals surface area contributed by atoms with Gasteiger partial charge in [0.05, 0.1) is 16.8 Å². The molecule has 2 aromatic heterocycles. The van der Waals surface area contributed by atoms with Crippen molar-refractivity contribution >= 4 is 86.0 Å². The molecule has 1 amide bonds. The lowest BCUT2D eigenvalue weighted by atomic mass is 10.1. The van der Waals surface area contributed by atoms with Gasteiger partial charge in [-0.25, -0.2) is 4.98 Å². The summed E-state index contributed by atoms with van der Waals surface area (Å²) >= 11 is 18.7. The average Bonchev–Trinajstić information content (AvgIpc) is 3.41. The molecule has 0 aliphatic carbocycles. The molecule has 0 saturated heterocycles. The van der Waals surface area contributed by atoms with Crippen molar-refractivity contribution in [1.29, 1.82) is 0 Å². The maximum absolute atomic E-state index is 12.6. The number of thiocarbonyl (C=S) groups is 1. The second-order valence-electron chi connectivity index (χ2n) is 7.16. The molecule has 11 heteroatoms. The SMILES string of the molecule is Cc1ccc(-c2nc3cc(Cl)cc(Cl)c3o2)cc1NC(=S)NC(=O)c1ccc2nsnc2c1. The van der Waals surface area contributed by atoms with Crippen molar-refractivity contribution in [3.63, 3.8) is 0 Å². The predicted molar refractivity (Wildman–Crippen MR) is 135 cm³/mol. The first-order valence-electron chi connectivity index (χ1n) is 9.58. The first kappa shape index (κ1) is 21.7. The van der Waals surface area contributed by atoms with Gasteiger partial charge in [-0.1, -0.05) is 29.3 Å². The quantitative estimate of drug-likeness (QED) is 0.275. The van der Waals surface area contributed by atoms with E-state index < -0.39 is 0 Å². The van der Waals surface area contributed by atoms with Crippen LogP contribution < -0.4 is 10.6 Å². The van der Waals surface area contributed by atoms with E-state index in [1.807, 2.05) is 25.1 Å². The highest BCUT2D eigenvalue weighted by Gasteiger charge is 2.15. The van der Waals surface area contributed by atoms with Gasteiger partial charge in [0.25, 0.3) is 5.91 Å². The highest BCUT2D eigenvalue weighted by molar-refractivity contribution is 7.80. The zero-order chi connectivity index (χ0) is 23.1. The molecular weight excluding hydrogens is 501 g/mol. The van der Waals surface area contributed by atoms with Crippen molar-refractivity contribution in [2.45, 2.75) is 6.92 Å². The summed E-state index contributed by atoms with van der Waals surface area (Å²) in [6.45, 7) is 1.92. The Hall–Kier alpha value is -3.11. The normalized spacial score (nSPS) is 11.1. The lowest BCUT2D eigenvalue weighted by molar-refractivity contribution is 0.0978. The van der Waals surface area contributed by atoms with Crippen molar-refractivity contribution in [1.82, 2.24) is 19.0 Å². The molecule has 7 nitrogen and oxygen atoms in total. The van der Waals surface area contributed by atoms with Crippen molar-refractivity contribution < 1.29 is 9.21 Å². The number of anilines is 1. The lowest BCUT2D eigenvalue weighted by Crippen LogP contribution is -2.34. The highest BCUT2D eigenvalue weighted by Crippen LogP contribution is 2.33. The smallest absolute Gasteiger partial charge is 0.257 e. The number of nitrogens with one attached hydrogen (secondary N) is 2. The number of hydrogen-bond donors (Lipinski definition) is 2. The third-order valence-corrected chi connectivity index (χ3v) is 6.15. The minimum atomic E-state index is -0.346. The third-order valence-electron chi connectivity index (χ3n) is 4.89. The van der Waals surface area contributed by atoms with E-state index >= 15 is 0 Å². The molecule has 0 aliphatic rings. The monoisotopic (exact) mass is 513 g/mol. The summed E-state index contributed by atoms with van der Waals surface area (Å²) in [6, 6.07) is 14.0. The zero-order valence-corrected chi connectivity index (χ0v) is 20.0. The van der Waals surface area contributed by atoms with Crippen molar-refractivity contribution in [3.8, 4) is 11.5 Å². The first-order chi connectivity index (χ1) is 15.9. The number of fused-ring (bicyclic) bond motifs is 2. The standard InChI is InChI=1S/C22H13Cl2N5O2S2/c1-10-2-3-12(21-25-18-9-13(23)8-14(24)19(18)31-21)7-16(10)26-22(32)27-20(30)11-4-5-15-17(6-11)29-33-28-15/h2-9H,1H3,(H2,26,27,30,32). The summed E-state index contributed by atoms with van der Waals surface area (Å²) in [5.74, 6) is 0.0408. The molecule has 2 N–H and O–H groups in total. The van der Waals surface area contributed by atoms with Crippen LogP contribution in [0.25, 0.3) is 33.6 Å². The average molecular weight is 514 g/mol. The van der Waals surface area contributed by atoms with Gasteiger partial charge in [-0.15, -0.1) is 0 Å². The molecule has 0 saturated carbocycles. The summed E-state index contributed by atoms with van der Waals surface area (Å²) in [4.78, 5) is 17.1. The molecule has 5 aromatic rings. The Bertz CT molecular complexity index is 1560. The van der Waals surface area contributed by atoms with Crippen LogP contribution in [0.3, 0.4) is 0 Å². The minimum absolute atomic E-state index is 0.157. The van der Waals surface area contributed by atoms with Gasteiger partial charge in [0, 0.05) is 21.8 Å². The molecule has 0 fully saturated rings. The number of benzene rings is 3. The number of carbonyl (C=O) groups is 1. The number of amides is 1. The molecule has 0 radical (unpaired) electrons. The Morgan fingerprint density at radius 3 is 2.70 bits per heavy atom. The number of hydrogen-bond acceptors (Lipinski definition) is 7. The van der Waals surface area contributed by atoms with Gasteiger partial charge in [-0.3, -0.25) is 10.1 Å². The number of aryl methyl sites for hydroxylation is 1. The Balaban J connectivity index is 1.36. The third kappa shape index (κ3) is 4.40. The largest absolute Gasteiger partial charge is 0.435 e. The summed E-state index contributed by atoms with van der Waals surface area (Å²) in [5.41, 5.74) is 5.19. The number of aromatic nitrogens is 3. The molecule has 0 atom stereocenters. The van der Waals surface area contributed by atoms with Crippen LogP contribution in [0, 0.1) is 6.92 Å². The number of rotatable bonds is 3. The van der Waals surface area contributed by atoms with Gasteiger partial charge < -0.3 is 9.73 Å². The van der Waals surface area contributed by atoms with Gasteiger partial charge in [-0.2, -0.15) is 8.75 Å². The lowest BCUT2D eigenvalue weighted by Gasteiger charge is -2.12. The van der Waals surface area contributed by atoms with Gasteiger partial charge in [0.15, 0.2) is 10.7 Å². The fraction of sp³-hybridized carbons (Fsp3) is 0.0455. The molecule has 0 aliphatic heterocycles. The van der Waals surface area contributed by atoms with Crippen molar-refractivity contribution in [2.24, 2.45) is 0 Å². The second kappa shape index (κ2) is 8.68. The molecule has 0 spiro atoms. The number of carbonyl (C=O) groups excluding carboxylic acids is 1. The van der Waals surface area contributed by atoms with Crippen LogP contribution in [0.4, 0.5) is 5.69 Å². The van der Waals surface area contributed by atoms with E-state index in [-0.39, 0.29) is 11.0 Å². The molecular formula is C22H13Cl2N5O2S2. The van der Waals surface area contributed by atoms with Gasteiger partial charge in [0.2, 0.25) is 5.89 Å². The van der Waals surface area contributed by atoms with Crippen LogP contribution in [0.1, 0.15) is 15.9 Å². The zero-order valence-electron chi connectivity index (χ0n) is 16.8. The Labute approximate surface area is 207 Å². The maximum atomic E-state index is 12.6. The Morgan fingerprint density at radius 2 is 1.85 bits per heavy atom. The number of nitrogens with zero attached hydrogens (tertiary/aromatic N) is 3. The Morgan fingerprint density at radius 1 is 1.03 bits per heavy atom. The fourth-order valence-electron chi connectivity index (χ4n) is 3.23. The van der Waals surface area contributed by atoms with Gasteiger partial charge in [0.1, 0.15) is 16.6 Å². The number of oxazole rings is 1. The van der Waals surface area contributed by atoms with Crippen LogP contribution in [0.5, 0.6) is 0 Å². The molecule has 0 bridgehead atoms. The first-order valence-corrected chi connectivity index (χ1v) is 11.5. The Kier molecular flexibility index (Phi) is 5.71. The summed E-state index contributed by atoms with van der Waals surface area (Å²) < 4.78 is 14.1. The van der Waals surface area contributed by atoms with E-state index in [0.717, 1.165) is 22.8 Å². The maximum Gasteiger partial charge on any atom is 0.257 e. The van der Waals surface area contributed by atoms with Crippen LogP contribution in [-0.2, 0) is 0 Å². The second-order valence-corrected chi connectivity index (χ2v) is 8.94. The molecule has 2 heterocycles. The van der Waals surface area contributed by atoms with Crippen LogP contribution >= 0.6 is 47.1 Å². The highest BCUT2D eigenvalue weighted by atomic mass is 35.5.